The highest BCUT2D eigenvalue weighted by atomic mass is 16.3. The van der Waals surface area contributed by atoms with Crippen molar-refractivity contribution in [2.45, 2.75) is 52.0 Å². The van der Waals surface area contributed by atoms with Crippen LogP contribution in [0.1, 0.15) is 44.2 Å². The number of benzene rings is 1. The molecule has 2 bridgehead atoms. The van der Waals surface area contributed by atoms with Crippen LogP contribution < -0.4 is 5.32 Å². The Labute approximate surface area is 138 Å². The number of carbonyl (C=O) groups excluding carboxylic acids is 1. The Morgan fingerprint density at radius 2 is 2.04 bits per heavy atom. The number of nitrogens with zero attached hydrogens (tertiary/aromatic N) is 1. The van der Waals surface area contributed by atoms with Crippen molar-refractivity contribution >= 4 is 11.7 Å². The minimum Gasteiger partial charge on any atom is -0.396 e. The summed E-state index contributed by atoms with van der Waals surface area (Å²) in [5, 5.41) is 12.6. The number of anilines is 1. The maximum absolute atomic E-state index is 12.7. The number of carbonyl (C=O) groups is 1. The van der Waals surface area contributed by atoms with Gasteiger partial charge in [0, 0.05) is 30.8 Å². The van der Waals surface area contributed by atoms with Crippen molar-refractivity contribution < 1.29 is 9.90 Å². The van der Waals surface area contributed by atoms with Gasteiger partial charge in [0.25, 0.3) is 0 Å². The fraction of sp³-hybridized carbons (Fsp3) is 0.632. The summed E-state index contributed by atoms with van der Waals surface area (Å²) < 4.78 is 0. The molecule has 4 rings (SSSR count). The molecule has 0 aromatic heterocycles. The van der Waals surface area contributed by atoms with E-state index < -0.39 is 0 Å². The highest BCUT2D eigenvalue weighted by Crippen LogP contribution is 2.39. The summed E-state index contributed by atoms with van der Waals surface area (Å²) in [6.07, 6.45) is 5.28. The first-order valence-corrected chi connectivity index (χ1v) is 8.96. The summed E-state index contributed by atoms with van der Waals surface area (Å²) in [6.45, 7) is 5.33. The molecule has 1 aromatic rings. The van der Waals surface area contributed by atoms with E-state index in [-0.39, 0.29) is 24.6 Å². The third-order valence-electron chi connectivity index (χ3n) is 5.62. The molecule has 126 valence electrons. The number of aliphatic hydroxyl groups is 1. The zero-order valence-electron chi connectivity index (χ0n) is 14.2. The summed E-state index contributed by atoms with van der Waals surface area (Å²) in [4.78, 5) is 14.7. The largest absolute Gasteiger partial charge is 0.396 e. The molecule has 3 unspecified atom stereocenters. The molecule has 1 aliphatic carbocycles. The average molecular weight is 316 g/mol. The van der Waals surface area contributed by atoms with Gasteiger partial charge in [0.1, 0.15) is 0 Å². The van der Waals surface area contributed by atoms with Crippen molar-refractivity contribution in [1.82, 2.24) is 4.90 Å². The summed E-state index contributed by atoms with van der Waals surface area (Å²) >= 11 is 0. The monoisotopic (exact) mass is 316 g/mol. The van der Waals surface area contributed by atoms with E-state index in [9.17, 15) is 9.90 Å². The lowest BCUT2D eigenvalue weighted by Crippen LogP contribution is -2.57. The van der Waals surface area contributed by atoms with Crippen molar-refractivity contribution in [3.8, 4) is 0 Å². The Kier molecular flexibility index (Phi) is 4.90. The van der Waals surface area contributed by atoms with Gasteiger partial charge in [-0.25, -0.2) is 4.79 Å². The van der Waals surface area contributed by atoms with Crippen molar-refractivity contribution in [2.24, 2.45) is 11.8 Å². The Bertz CT molecular complexity index is 572. The summed E-state index contributed by atoms with van der Waals surface area (Å²) in [5.41, 5.74) is 3.53. The van der Waals surface area contributed by atoms with Gasteiger partial charge in [0.2, 0.25) is 0 Å². The number of hydrogen-bond donors (Lipinski definition) is 2. The lowest BCUT2D eigenvalue weighted by atomic mass is 9.73. The minimum atomic E-state index is -0.0100. The number of rotatable bonds is 4. The van der Waals surface area contributed by atoms with Crippen LogP contribution in [0.25, 0.3) is 0 Å². The standard InChI is InChI=1S/C19H28N2O2/c1-3-14-6-7-17(10-15(14)4-2)20-19(23)21-11-13-5-8-18(21)16(9-13)12-22/h6-7,10,13,16,18,22H,3-5,8-9,11-12H2,1-2H3,(H,20,23). The number of aliphatic hydroxyl groups excluding tert-OH is 1. The first-order chi connectivity index (χ1) is 11.2. The Hall–Kier alpha value is -1.55. The molecule has 2 amide bonds. The number of amides is 2. The van der Waals surface area contributed by atoms with Gasteiger partial charge in [-0.15, -0.1) is 0 Å². The maximum atomic E-state index is 12.7. The molecule has 2 heterocycles. The third-order valence-corrected chi connectivity index (χ3v) is 5.62. The predicted octanol–water partition coefficient (Wildman–Crippen LogP) is 3.44. The van der Waals surface area contributed by atoms with Gasteiger partial charge in [0.05, 0.1) is 0 Å². The Balaban J connectivity index is 1.72. The molecule has 2 saturated heterocycles. The van der Waals surface area contributed by atoms with Gasteiger partial charge >= 0.3 is 6.03 Å². The van der Waals surface area contributed by atoms with Crippen LogP contribution in [0.4, 0.5) is 10.5 Å². The van der Waals surface area contributed by atoms with Crippen LogP contribution in [0.2, 0.25) is 0 Å². The summed E-state index contributed by atoms with van der Waals surface area (Å²) in [7, 11) is 0. The van der Waals surface area contributed by atoms with Crippen molar-refractivity contribution in [3.63, 3.8) is 0 Å². The number of piperidine rings is 2. The Morgan fingerprint density at radius 1 is 1.26 bits per heavy atom. The van der Waals surface area contributed by atoms with E-state index in [1.54, 1.807) is 0 Å². The molecule has 1 aromatic carbocycles. The molecule has 2 aliphatic heterocycles. The van der Waals surface area contributed by atoms with Crippen LogP contribution >= 0.6 is 0 Å². The van der Waals surface area contributed by atoms with Crippen molar-refractivity contribution in [3.05, 3.63) is 29.3 Å². The van der Waals surface area contributed by atoms with Gasteiger partial charge in [-0.3, -0.25) is 0 Å². The molecule has 3 aliphatic rings. The summed E-state index contributed by atoms with van der Waals surface area (Å²) in [5.74, 6) is 0.804. The highest BCUT2D eigenvalue weighted by Gasteiger charge is 2.42. The number of nitrogens with one attached hydrogen (secondary N) is 1. The third kappa shape index (κ3) is 3.23. The molecule has 0 radical (unpaired) electrons. The second-order valence-electron chi connectivity index (χ2n) is 6.96. The second kappa shape index (κ2) is 6.91. The molecule has 0 spiro atoms. The quantitative estimate of drug-likeness (QED) is 0.894. The van der Waals surface area contributed by atoms with E-state index in [0.717, 1.165) is 37.9 Å². The number of hydrogen-bond acceptors (Lipinski definition) is 2. The molecule has 23 heavy (non-hydrogen) atoms. The van der Waals surface area contributed by atoms with E-state index in [1.807, 2.05) is 11.0 Å². The number of urea groups is 1. The molecule has 2 N–H and O–H groups in total. The fourth-order valence-corrected chi connectivity index (χ4v) is 4.34. The zero-order chi connectivity index (χ0) is 16.4. The van der Waals surface area contributed by atoms with Gasteiger partial charge in [0.15, 0.2) is 0 Å². The van der Waals surface area contributed by atoms with E-state index in [4.69, 9.17) is 0 Å². The first kappa shape index (κ1) is 16.3. The average Bonchev–Trinajstić information content (AvgIpc) is 2.61. The lowest BCUT2D eigenvalue weighted by Gasteiger charge is -2.49. The van der Waals surface area contributed by atoms with Gasteiger partial charge in [-0.1, -0.05) is 19.9 Å². The van der Waals surface area contributed by atoms with Crippen LogP contribution in [-0.4, -0.2) is 35.2 Å². The first-order valence-electron chi connectivity index (χ1n) is 8.96. The van der Waals surface area contributed by atoms with Crippen LogP contribution in [0.5, 0.6) is 0 Å². The maximum Gasteiger partial charge on any atom is 0.322 e. The predicted molar refractivity (Wildman–Crippen MR) is 92.6 cm³/mol. The van der Waals surface area contributed by atoms with E-state index in [0.29, 0.717) is 5.92 Å². The van der Waals surface area contributed by atoms with Gasteiger partial charge < -0.3 is 15.3 Å². The highest BCUT2D eigenvalue weighted by molar-refractivity contribution is 5.90. The molecule has 3 atom stereocenters. The zero-order valence-corrected chi connectivity index (χ0v) is 14.2. The minimum absolute atomic E-state index is 0.0100. The van der Waals surface area contributed by atoms with Crippen LogP contribution in [0, 0.1) is 11.8 Å². The van der Waals surface area contributed by atoms with Crippen molar-refractivity contribution in [1.29, 1.82) is 0 Å². The fourth-order valence-electron chi connectivity index (χ4n) is 4.34. The van der Waals surface area contributed by atoms with Crippen LogP contribution in [-0.2, 0) is 12.8 Å². The van der Waals surface area contributed by atoms with Crippen molar-refractivity contribution in [2.75, 3.05) is 18.5 Å². The normalized spacial score (nSPS) is 26.4. The van der Waals surface area contributed by atoms with E-state index in [2.05, 4.69) is 31.3 Å². The molecule has 1 saturated carbocycles. The Morgan fingerprint density at radius 3 is 2.70 bits per heavy atom. The molecular formula is C19H28N2O2. The SMILES string of the molecule is CCc1ccc(NC(=O)N2CC3CCC2C(CO)C3)cc1CC. The number of fused-ring (bicyclic) bond motifs is 3. The van der Waals surface area contributed by atoms with E-state index >= 15 is 0 Å². The second-order valence-corrected chi connectivity index (χ2v) is 6.96. The molecular weight excluding hydrogens is 288 g/mol. The topological polar surface area (TPSA) is 52.6 Å². The summed E-state index contributed by atoms with van der Waals surface area (Å²) in [6, 6.07) is 6.41. The van der Waals surface area contributed by atoms with Crippen LogP contribution in [0.3, 0.4) is 0 Å². The molecule has 3 fully saturated rings. The number of aryl methyl sites for hydroxylation is 2. The molecule has 4 nitrogen and oxygen atoms in total. The van der Waals surface area contributed by atoms with Gasteiger partial charge in [-0.2, -0.15) is 0 Å². The smallest absolute Gasteiger partial charge is 0.322 e. The lowest BCUT2D eigenvalue weighted by molar-refractivity contribution is 0.00754. The van der Waals surface area contributed by atoms with Crippen LogP contribution in [0.15, 0.2) is 18.2 Å². The van der Waals surface area contributed by atoms with Gasteiger partial charge in [-0.05, 0) is 61.3 Å². The molecule has 4 heteroatoms. The van der Waals surface area contributed by atoms with E-state index in [1.165, 1.54) is 17.5 Å².